The monoisotopic (exact) mass is 136 g/mol. The van der Waals surface area contributed by atoms with Crippen LogP contribution in [0.15, 0.2) is 0 Å². The third-order valence-corrected chi connectivity index (χ3v) is 1.67. The van der Waals surface area contributed by atoms with Gasteiger partial charge in [-0.1, -0.05) is 0 Å². The summed E-state index contributed by atoms with van der Waals surface area (Å²) < 4.78 is 0. The number of hydrogen-bond donors (Lipinski definition) is 1. The van der Waals surface area contributed by atoms with Crippen molar-refractivity contribution >= 4 is 24.9 Å². The van der Waals surface area contributed by atoms with Crippen molar-refractivity contribution in [2.75, 3.05) is 13.1 Å². The van der Waals surface area contributed by atoms with Crippen molar-refractivity contribution in [1.29, 1.82) is 0 Å². The normalized spacial score (nSPS) is 17.8. The molecule has 0 aromatic heterocycles. The summed E-state index contributed by atoms with van der Waals surface area (Å²) in [7, 11) is 0. The molecule has 0 atom stereocenters. The van der Waals surface area contributed by atoms with Gasteiger partial charge in [0.05, 0.1) is 0 Å². The van der Waals surface area contributed by atoms with Crippen LogP contribution in [-0.2, 0) is 0 Å². The molecule has 1 fully saturated rings. The van der Waals surface area contributed by atoms with Crippen molar-refractivity contribution in [1.82, 2.24) is 4.90 Å². The molecule has 0 unspecified atom stereocenters. The van der Waals surface area contributed by atoms with Gasteiger partial charge in [0.15, 0.2) is 0 Å². The molecule has 3 nitrogen and oxygen atoms in total. The van der Waals surface area contributed by atoms with Gasteiger partial charge in [-0.25, -0.2) is 4.79 Å². The zero-order valence-electron chi connectivity index (χ0n) is 5.47. The summed E-state index contributed by atoms with van der Waals surface area (Å²) >= 11 is 0. The quantitative estimate of drug-likeness (QED) is 0.464. The fourth-order valence-corrected chi connectivity index (χ4v) is 1.11. The Labute approximate surface area is 73.1 Å². The summed E-state index contributed by atoms with van der Waals surface area (Å²) in [5.41, 5.74) is 5.05. The van der Waals surface area contributed by atoms with E-state index in [0.29, 0.717) is 0 Å². The zero-order valence-corrected chi connectivity index (χ0v) is 5.47. The molecular formula is C6H13LiN2O. The van der Waals surface area contributed by atoms with Gasteiger partial charge in [0, 0.05) is 13.1 Å². The van der Waals surface area contributed by atoms with Crippen molar-refractivity contribution in [2.24, 2.45) is 5.73 Å². The van der Waals surface area contributed by atoms with Gasteiger partial charge >= 0.3 is 24.9 Å². The predicted molar refractivity (Wildman–Crippen MR) is 42.2 cm³/mol. The Balaban J connectivity index is 0.000000810. The fourth-order valence-electron chi connectivity index (χ4n) is 1.11. The Morgan fingerprint density at radius 2 is 1.70 bits per heavy atom. The number of hydrogen-bond acceptors (Lipinski definition) is 1. The molecule has 1 saturated heterocycles. The number of carbonyl (C=O) groups excluding carboxylic acids is 1. The van der Waals surface area contributed by atoms with Crippen molar-refractivity contribution in [3.05, 3.63) is 0 Å². The van der Waals surface area contributed by atoms with Crippen molar-refractivity contribution in [2.45, 2.75) is 19.3 Å². The third kappa shape index (κ3) is 2.63. The number of nitrogens with two attached hydrogens (primary N) is 1. The number of urea groups is 1. The molecule has 1 aliphatic rings. The molecule has 1 heterocycles. The SMILES string of the molecule is NC(=O)N1CCCCC1.[LiH]. The number of carbonyl (C=O) groups is 1. The molecular weight excluding hydrogens is 123 g/mol. The van der Waals surface area contributed by atoms with Gasteiger partial charge in [-0.05, 0) is 19.3 Å². The Morgan fingerprint density at radius 3 is 2.00 bits per heavy atom. The van der Waals surface area contributed by atoms with E-state index in [0.717, 1.165) is 25.9 Å². The van der Waals surface area contributed by atoms with E-state index in [9.17, 15) is 4.79 Å². The topological polar surface area (TPSA) is 46.3 Å². The minimum absolute atomic E-state index is 0. The van der Waals surface area contributed by atoms with Crippen LogP contribution in [0.5, 0.6) is 0 Å². The molecule has 0 saturated carbocycles. The molecule has 0 radical (unpaired) electrons. The molecule has 0 aromatic carbocycles. The molecule has 0 aliphatic carbocycles. The molecule has 4 heteroatoms. The van der Waals surface area contributed by atoms with E-state index in [4.69, 9.17) is 5.73 Å². The van der Waals surface area contributed by atoms with E-state index in [2.05, 4.69) is 0 Å². The second-order valence-corrected chi connectivity index (χ2v) is 2.39. The van der Waals surface area contributed by atoms with Crippen LogP contribution in [0.1, 0.15) is 19.3 Å². The predicted octanol–water partition coefficient (Wildman–Crippen LogP) is -0.0975. The maximum absolute atomic E-state index is 10.5. The molecule has 54 valence electrons. The standard InChI is InChI=1S/C6H12N2O.Li.H/c7-6(9)8-4-2-1-3-5-8;;/h1-5H2,(H2,7,9);;. The van der Waals surface area contributed by atoms with Gasteiger partial charge in [-0.2, -0.15) is 0 Å². The molecule has 0 bridgehead atoms. The van der Waals surface area contributed by atoms with Crippen LogP contribution in [0, 0.1) is 0 Å². The molecule has 10 heavy (non-hydrogen) atoms. The Bertz CT molecular complexity index is 112. The molecule has 0 spiro atoms. The van der Waals surface area contributed by atoms with Gasteiger partial charge in [0.25, 0.3) is 0 Å². The van der Waals surface area contributed by atoms with Gasteiger partial charge in [0.1, 0.15) is 0 Å². The Morgan fingerprint density at radius 1 is 1.20 bits per heavy atom. The van der Waals surface area contributed by atoms with E-state index >= 15 is 0 Å². The Hall–Kier alpha value is -0.133. The van der Waals surface area contributed by atoms with Crippen molar-refractivity contribution in [3.8, 4) is 0 Å². The first kappa shape index (κ1) is 9.87. The molecule has 1 aliphatic heterocycles. The molecule has 2 amide bonds. The van der Waals surface area contributed by atoms with E-state index in [-0.39, 0.29) is 24.9 Å². The van der Waals surface area contributed by atoms with Crippen LogP contribution < -0.4 is 5.73 Å². The molecule has 2 N–H and O–H groups in total. The van der Waals surface area contributed by atoms with Crippen molar-refractivity contribution in [3.63, 3.8) is 0 Å². The summed E-state index contributed by atoms with van der Waals surface area (Å²) in [6.45, 7) is 1.71. The van der Waals surface area contributed by atoms with Crippen LogP contribution in [0.25, 0.3) is 0 Å². The van der Waals surface area contributed by atoms with Crippen molar-refractivity contribution < 1.29 is 4.79 Å². The fraction of sp³-hybridized carbons (Fsp3) is 0.833. The van der Waals surface area contributed by atoms with Gasteiger partial charge in [-0.3, -0.25) is 0 Å². The third-order valence-electron chi connectivity index (χ3n) is 1.67. The van der Waals surface area contributed by atoms with Gasteiger partial charge in [-0.15, -0.1) is 0 Å². The summed E-state index contributed by atoms with van der Waals surface area (Å²) in [4.78, 5) is 12.2. The van der Waals surface area contributed by atoms with Crippen LogP contribution in [0.2, 0.25) is 0 Å². The van der Waals surface area contributed by atoms with Gasteiger partial charge in [0.2, 0.25) is 0 Å². The summed E-state index contributed by atoms with van der Waals surface area (Å²) in [5.74, 6) is 0. The number of nitrogens with zero attached hydrogens (tertiary/aromatic N) is 1. The van der Waals surface area contributed by atoms with Crippen LogP contribution in [0.3, 0.4) is 0 Å². The van der Waals surface area contributed by atoms with E-state index in [1.165, 1.54) is 6.42 Å². The summed E-state index contributed by atoms with van der Waals surface area (Å²) in [6.07, 6.45) is 3.47. The number of likely N-dealkylation sites (tertiary alicyclic amines) is 1. The summed E-state index contributed by atoms with van der Waals surface area (Å²) in [5, 5.41) is 0. The first-order chi connectivity index (χ1) is 4.30. The van der Waals surface area contributed by atoms with Crippen LogP contribution >= 0.6 is 0 Å². The average Bonchev–Trinajstić information content (AvgIpc) is 1.90. The number of piperidine rings is 1. The van der Waals surface area contributed by atoms with E-state index in [1.807, 2.05) is 0 Å². The molecule has 1 rings (SSSR count). The van der Waals surface area contributed by atoms with Gasteiger partial charge < -0.3 is 10.6 Å². The zero-order chi connectivity index (χ0) is 6.69. The van der Waals surface area contributed by atoms with Crippen LogP contribution in [0.4, 0.5) is 4.79 Å². The maximum atomic E-state index is 10.5. The minimum atomic E-state index is -0.269. The average molecular weight is 136 g/mol. The van der Waals surface area contributed by atoms with Crippen LogP contribution in [-0.4, -0.2) is 42.9 Å². The number of rotatable bonds is 0. The first-order valence-corrected chi connectivity index (χ1v) is 3.35. The first-order valence-electron chi connectivity index (χ1n) is 3.35. The number of amides is 2. The Kier molecular flexibility index (Phi) is 4.59. The second-order valence-electron chi connectivity index (χ2n) is 2.39. The number of primary amides is 1. The van der Waals surface area contributed by atoms with E-state index < -0.39 is 0 Å². The summed E-state index contributed by atoms with van der Waals surface area (Å²) in [6, 6.07) is -0.269. The second kappa shape index (κ2) is 4.65. The van der Waals surface area contributed by atoms with E-state index in [1.54, 1.807) is 4.90 Å². The molecule has 0 aromatic rings.